The predicted octanol–water partition coefficient (Wildman–Crippen LogP) is 3.03. The molecule has 0 bridgehead atoms. The average molecular weight is 265 g/mol. The molecule has 2 aromatic rings. The lowest BCUT2D eigenvalue weighted by molar-refractivity contribution is 0.0946. The molecular weight excluding hydrogens is 255 g/mol. The molecule has 1 N–H and O–H groups in total. The summed E-state index contributed by atoms with van der Waals surface area (Å²) in [4.78, 5) is 11.7. The number of halogens is 3. The van der Waals surface area contributed by atoms with Gasteiger partial charge in [0, 0.05) is 12.1 Å². The molecule has 0 saturated heterocycles. The van der Waals surface area contributed by atoms with Crippen LogP contribution in [0.15, 0.2) is 42.5 Å². The highest BCUT2D eigenvalue weighted by atomic mass is 19.1. The second-order valence-electron chi connectivity index (χ2n) is 3.90. The summed E-state index contributed by atoms with van der Waals surface area (Å²) in [7, 11) is 0. The van der Waals surface area contributed by atoms with Crippen molar-refractivity contribution in [2.75, 3.05) is 0 Å². The third-order valence-electron chi connectivity index (χ3n) is 2.57. The van der Waals surface area contributed by atoms with E-state index in [4.69, 9.17) is 0 Å². The largest absolute Gasteiger partial charge is 0.348 e. The van der Waals surface area contributed by atoms with E-state index in [1.807, 2.05) is 0 Å². The van der Waals surface area contributed by atoms with Gasteiger partial charge >= 0.3 is 0 Å². The van der Waals surface area contributed by atoms with Gasteiger partial charge in [-0.05, 0) is 30.3 Å². The van der Waals surface area contributed by atoms with Crippen LogP contribution in [-0.2, 0) is 6.54 Å². The Balaban J connectivity index is 2.09. The van der Waals surface area contributed by atoms with E-state index in [0.717, 1.165) is 24.3 Å². The van der Waals surface area contributed by atoms with Crippen molar-refractivity contribution in [3.8, 4) is 0 Å². The minimum absolute atomic E-state index is 0.00434. The Morgan fingerprint density at radius 1 is 1.00 bits per heavy atom. The summed E-state index contributed by atoms with van der Waals surface area (Å²) < 4.78 is 39.5. The van der Waals surface area contributed by atoms with E-state index in [1.165, 1.54) is 18.2 Å². The SMILES string of the molecule is O=C(NCc1cc(F)ccc1F)c1ccccc1F. The van der Waals surface area contributed by atoms with E-state index in [0.29, 0.717) is 0 Å². The second kappa shape index (κ2) is 5.56. The molecule has 0 saturated carbocycles. The van der Waals surface area contributed by atoms with Crippen molar-refractivity contribution in [2.45, 2.75) is 6.54 Å². The Hall–Kier alpha value is -2.30. The smallest absolute Gasteiger partial charge is 0.254 e. The minimum Gasteiger partial charge on any atom is -0.348 e. The first-order valence-corrected chi connectivity index (χ1v) is 5.54. The zero-order valence-corrected chi connectivity index (χ0v) is 9.79. The average Bonchev–Trinajstić information content (AvgIpc) is 2.40. The maximum absolute atomic E-state index is 13.3. The molecule has 0 heterocycles. The van der Waals surface area contributed by atoms with Crippen LogP contribution in [0.1, 0.15) is 15.9 Å². The molecule has 0 radical (unpaired) electrons. The van der Waals surface area contributed by atoms with Crippen molar-refractivity contribution >= 4 is 5.91 Å². The summed E-state index contributed by atoms with van der Waals surface area (Å²) in [6, 6.07) is 8.37. The zero-order chi connectivity index (χ0) is 13.8. The van der Waals surface area contributed by atoms with Gasteiger partial charge in [0.25, 0.3) is 5.91 Å². The van der Waals surface area contributed by atoms with Gasteiger partial charge in [-0.25, -0.2) is 13.2 Å². The standard InChI is InChI=1S/C14H10F3NO/c15-10-5-6-12(16)9(7-10)8-18-14(19)11-3-1-2-4-13(11)17/h1-7H,8H2,(H,18,19). The first-order chi connectivity index (χ1) is 9.08. The number of hydrogen-bond acceptors (Lipinski definition) is 1. The maximum atomic E-state index is 13.3. The lowest BCUT2D eigenvalue weighted by Crippen LogP contribution is -2.24. The molecule has 2 aromatic carbocycles. The van der Waals surface area contributed by atoms with Gasteiger partial charge in [-0.3, -0.25) is 4.79 Å². The van der Waals surface area contributed by atoms with Crippen molar-refractivity contribution in [2.24, 2.45) is 0 Å². The van der Waals surface area contributed by atoms with Crippen LogP contribution in [0.4, 0.5) is 13.2 Å². The fourth-order valence-corrected chi connectivity index (χ4v) is 1.59. The fourth-order valence-electron chi connectivity index (χ4n) is 1.59. The van der Waals surface area contributed by atoms with Gasteiger partial charge in [0.2, 0.25) is 0 Å². The number of carbonyl (C=O) groups is 1. The van der Waals surface area contributed by atoms with E-state index in [9.17, 15) is 18.0 Å². The van der Waals surface area contributed by atoms with Gasteiger partial charge in [-0.1, -0.05) is 12.1 Å². The molecule has 2 nitrogen and oxygen atoms in total. The van der Waals surface area contributed by atoms with Crippen molar-refractivity contribution in [1.29, 1.82) is 0 Å². The normalized spacial score (nSPS) is 10.3. The second-order valence-corrected chi connectivity index (χ2v) is 3.90. The van der Waals surface area contributed by atoms with Crippen LogP contribution >= 0.6 is 0 Å². The third kappa shape index (κ3) is 3.13. The molecule has 0 spiro atoms. The molecule has 0 unspecified atom stereocenters. The molecule has 98 valence electrons. The van der Waals surface area contributed by atoms with Crippen LogP contribution in [0.5, 0.6) is 0 Å². The summed E-state index contributed by atoms with van der Waals surface area (Å²) in [5.74, 6) is -2.58. The van der Waals surface area contributed by atoms with Crippen LogP contribution in [0.25, 0.3) is 0 Å². The molecule has 0 atom stereocenters. The Morgan fingerprint density at radius 3 is 2.47 bits per heavy atom. The molecule has 0 aliphatic carbocycles. The summed E-state index contributed by atoms with van der Waals surface area (Å²) >= 11 is 0. The van der Waals surface area contributed by atoms with E-state index >= 15 is 0 Å². The fraction of sp³-hybridized carbons (Fsp3) is 0.0714. The zero-order valence-electron chi connectivity index (χ0n) is 9.79. The van der Waals surface area contributed by atoms with Gasteiger partial charge in [-0.2, -0.15) is 0 Å². The molecular formula is C14H10F3NO. The highest BCUT2D eigenvalue weighted by Crippen LogP contribution is 2.10. The predicted molar refractivity (Wildman–Crippen MR) is 63.9 cm³/mol. The van der Waals surface area contributed by atoms with E-state index in [1.54, 1.807) is 0 Å². The monoisotopic (exact) mass is 265 g/mol. The molecule has 5 heteroatoms. The Labute approximate surface area is 107 Å². The maximum Gasteiger partial charge on any atom is 0.254 e. The van der Waals surface area contributed by atoms with Crippen molar-refractivity contribution in [3.05, 3.63) is 71.0 Å². The van der Waals surface area contributed by atoms with Gasteiger partial charge in [0.1, 0.15) is 17.5 Å². The van der Waals surface area contributed by atoms with Crippen LogP contribution in [0.3, 0.4) is 0 Å². The number of nitrogens with one attached hydrogen (secondary N) is 1. The van der Waals surface area contributed by atoms with Crippen LogP contribution in [0, 0.1) is 17.5 Å². The number of amides is 1. The number of benzene rings is 2. The minimum atomic E-state index is -0.679. The highest BCUT2D eigenvalue weighted by Gasteiger charge is 2.11. The molecule has 2 rings (SSSR count). The summed E-state index contributed by atoms with van der Waals surface area (Å²) in [5.41, 5.74) is -0.135. The first-order valence-electron chi connectivity index (χ1n) is 5.54. The van der Waals surface area contributed by atoms with Crippen molar-refractivity contribution in [3.63, 3.8) is 0 Å². The quantitative estimate of drug-likeness (QED) is 0.908. The lowest BCUT2D eigenvalue weighted by Gasteiger charge is -2.07. The van der Waals surface area contributed by atoms with Crippen molar-refractivity contribution in [1.82, 2.24) is 5.32 Å². The molecule has 1 amide bonds. The van der Waals surface area contributed by atoms with E-state index in [-0.39, 0.29) is 17.7 Å². The number of rotatable bonds is 3. The number of carbonyl (C=O) groups excluding carboxylic acids is 1. The van der Waals surface area contributed by atoms with E-state index in [2.05, 4.69) is 5.32 Å². The Kier molecular flexibility index (Phi) is 3.85. The van der Waals surface area contributed by atoms with E-state index < -0.39 is 23.4 Å². The Morgan fingerprint density at radius 2 is 1.74 bits per heavy atom. The van der Waals surface area contributed by atoms with Crippen LogP contribution < -0.4 is 5.32 Å². The Bertz CT molecular complexity index is 613. The lowest BCUT2D eigenvalue weighted by atomic mass is 10.1. The molecule has 0 aliphatic rings. The summed E-state index contributed by atoms with van der Waals surface area (Å²) in [6.07, 6.45) is 0. The van der Waals surface area contributed by atoms with Gasteiger partial charge in [-0.15, -0.1) is 0 Å². The molecule has 19 heavy (non-hydrogen) atoms. The van der Waals surface area contributed by atoms with Crippen LogP contribution in [0.2, 0.25) is 0 Å². The van der Waals surface area contributed by atoms with Crippen molar-refractivity contribution < 1.29 is 18.0 Å². The summed E-state index contributed by atoms with van der Waals surface area (Å²) in [6.45, 7) is -0.212. The van der Waals surface area contributed by atoms with Gasteiger partial charge in [0.15, 0.2) is 0 Å². The molecule has 0 fully saturated rings. The van der Waals surface area contributed by atoms with Gasteiger partial charge < -0.3 is 5.32 Å². The third-order valence-corrected chi connectivity index (χ3v) is 2.57. The summed E-state index contributed by atoms with van der Waals surface area (Å²) in [5, 5.41) is 2.34. The number of hydrogen-bond donors (Lipinski definition) is 1. The van der Waals surface area contributed by atoms with Crippen LogP contribution in [-0.4, -0.2) is 5.91 Å². The highest BCUT2D eigenvalue weighted by molar-refractivity contribution is 5.94. The first kappa shape index (κ1) is 13.1. The van der Waals surface area contributed by atoms with Gasteiger partial charge in [0.05, 0.1) is 5.56 Å². The molecule has 0 aliphatic heterocycles. The molecule has 0 aromatic heterocycles. The topological polar surface area (TPSA) is 29.1 Å².